The van der Waals surface area contributed by atoms with Gasteiger partial charge in [-0.3, -0.25) is 4.79 Å². The number of carbonyl (C=O) groups is 1. The molecule has 0 saturated heterocycles. The molecule has 80 valence electrons. The normalized spacial score (nSPS) is 10.5. The summed E-state index contributed by atoms with van der Waals surface area (Å²) in [6.07, 6.45) is 4.10. The molecule has 0 unspecified atom stereocenters. The van der Waals surface area contributed by atoms with Gasteiger partial charge in [0, 0.05) is 0 Å². The van der Waals surface area contributed by atoms with Crippen molar-refractivity contribution in [3.05, 3.63) is 41.5 Å². The molecule has 0 aliphatic carbocycles. The quantitative estimate of drug-likeness (QED) is 0.705. The lowest BCUT2D eigenvalue weighted by Gasteiger charge is -1.97. The van der Waals surface area contributed by atoms with Crippen molar-refractivity contribution in [2.45, 2.75) is 20.3 Å². The fourth-order valence-electron chi connectivity index (χ4n) is 1.28. The number of esters is 1. The van der Waals surface area contributed by atoms with Crippen LogP contribution in [0.15, 0.2) is 30.3 Å². The molecule has 0 heterocycles. The molecular formula is C13H16O2. The molecule has 0 N–H and O–H groups in total. The summed E-state index contributed by atoms with van der Waals surface area (Å²) in [5, 5.41) is 0. The number of hydrogen-bond acceptors (Lipinski definition) is 2. The third-order valence-electron chi connectivity index (χ3n) is 1.94. The zero-order chi connectivity index (χ0) is 11.1. The highest BCUT2D eigenvalue weighted by atomic mass is 16.5. The highest BCUT2D eigenvalue weighted by molar-refractivity contribution is 5.72. The summed E-state index contributed by atoms with van der Waals surface area (Å²) in [5.74, 6) is -0.179. The van der Waals surface area contributed by atoms with E-state index in [1.807, 2.05) is 44.2 Å². The molecule has 0 aliphatic rings. The van der Waals surface area contributed by atoms with Gasteiger partial charge in [0.2, 0.25) is 0 Å². The van der Waals surface area contributed by atoms with Gasteiger partial charge in [0.25, 0.3) is 0 Å². The SMILES string of the molecule is CCOC(=O)CC=Cc1cccc(C)c1. The molecule has 0 bridgehead atoms. The Hall–Kier alpha value is -1.57. The molecular weight excluding hydrogens is 188 g/mol. The van der Waals surface area contributed by atoms with Crippen LogP contribution >= 0.6 is 0 Å². The van der Waals surface area contributed by atoms with Gasteiger partial charge < -0.3 is 4.74 Å². The highest BCUT2D eigenvalue weighted by Crippen LogP contribution is 2.06. The average molecular weight is 204 g/mol. The van der Waals surface area contributed by atoms with E-state index >= 15 is 0 Å². The number of ether oxygens (including phenoxy) is 1. The lowest BCUT2D eigenvalue weighted by Crippen LogP contribution is -2.01. The lowest BCUT2D eigenvalue weighted by atomic mass is 10.1. The molecule has 15 heavy (non-hydrogen) atoms. The van der Waals surface area contributed by atoms with E-state index in [0.29, 0.717) is 13.0 Å². The van der Waals surface area contributed by atoms with Crippen LogP contribution in [0.2, 0.25) is 0 Å². The fourth-order valence-corrected chi connectivity index (χ4v) is 1.28. The number of carbonyl (C=O) groups excluding carboxylic acids is 1. The summed E-state index contributed by atoms with van der Waals surface area (Å²) in [6, 6.07) is 8.12. The van der Waals surface area contributed by atoms with Crippen molar-refractivity contribution in [2.24, 2.45) is 0 Å². The Balaban J connectivity index is 2.48. The van der Waals surface area contributed by atoms with Gasteiger partial charge in [-0.05, 0) is 19.4 Å². The Morgan fingerprint density at radius 1 is 1.47 bits per heavy atom. The number of rotatable bonds is 4. The van der Waals surface area contributed by atoms with E-state index in [2.05, 4.69) is 6.07 Å². The summed E-state index contributed by atoms with van der Waals surface area (Å²) in [6.45, 7) is 4.29. The summed E-state index contributed by atoms with van der Waals surface area (Å²) >= 11 is 0. The monoisotopic (exact) mass is 204 g/mol. The van der Waals surface area contributed by atoms with Crippen LogP contribution < -0.4 is 0 Å². The van der Waals surface area contributed by atoms with Crippen LogP contribution in [-0.4, -0.2) is 12.6 Å². The Labute approximate surface area is 90.6 Å². The molecule has 1 rings (SSSR count). The molecule has 0 radical (unpaired) electrons. The topological polar surface area (TPSA) is 26.3 Å². The second-order valence-electron chi connectivity index (χ2n) is 3.33. The first-order valence-electron chi connectivity index (χ1n) is 5.11. The Kier molecular flexibility index (Phi) is 4.61. The van der Waals surface area contributed by atoms with Crippen molar-refractivity contribution in [1.29, 1.82) is 0 Å². The van der Waals surface area contributed by atoms with Crippen molar-refractivity contribution in [3.63, 3.8) is 0 Å². The van der Waals surface area contributed by atoms with E-state index in [1.54, 1.807) is 0 Å². The van der Waals surface area contributed by atoms with E-state index in [0.717, 1.165) is 5.56 Å². The summed E-state index contributed by atoms with van der Waals surface area (Å²) < 4.78 is 4.81. The van der Waals surface area contributed by atoms with Gasteiger partial charge >= 0.3 is 5.97 Å². The first-order valence-corrected chi connectivity index (χ1v) is 5.11. The zero-order valence-corrected chi connectivity index (χ0v) is 9.19. The van der Waals surface area contributed by atoms with Crippen molar-refractivity contribution in [2.75, 3.05) is 6.61 Å². The predicted molar refractivity (Wildman–Crippen MR) is 61.5 cm³/mol. The van der Waals surface area contributed by atoms with Crippen LogP contribution in [0.25, 0.3) is 6.08 Å². The number of benzene rings is 1. The molecule has 0 aliphatic heterocycles. The number of hydrogen-bond donors (Lipinski definition) is 0. The van der Waals surface area contributed by atoms with Crippen LogP contribution in [0.1, 0.15) is 24.5 Å². The van der Waals surface area contributed by atoms with Gasteiger partial charge in [0.05, 0.1) is 13.0 Å². The Morgan fingerprint density at radius 2 is 2.27 bits per heavy atom. The first kappa shape index (κ1) is 11.5. The van der Waals surface area contributed by atoms with E-state index < -0.39 is 0 Å². The molecule has 0 amide bonds. The predicted octanol–water partition coefficient (Wildman–Crippen LogP) is 2.96. The van der Waals surface area contributed by atoms with Gasteiger partial charge in [-0.25, -0.2) is 0 Å². The Bertz CT molecular complexity index is 353. The second-order valence-corrected chi connectivity index (χ2v) is 3.33. The fraction of sp³-hybridized carbons (Fsp3) is 0.308. The van der Waals surface area contributed by atoms with Crippen molar-refractivity contribution in [1.82, 2.24) is 0 Å². The lowest BCUT2D eigenvalue weighted by molar-refractivity contribution is -0.142. The minimum absolute atomic E-state index is 0.179. The number of aryl methyl sites for hydroxylation is 1. The molecule has 2 nitrogen and oxygen atoms in total. The van der Waals surface area contributed by atoms with Crippen LogP contribution in [-0.2, 0) is 9.53 Å². The second kappa shape index (κ2) is 6.02. The zero-order valence-electron chi connectivity index (χ0n) is 9.19. The first-order chi connectivity index (χ1) is 7.22. The van der Waals surface area contributed by atoms with Gasteiger partial charge in [0.15, 0.2) is 0 Å². The third kappa shape index (κ3) is 4.45. The molecule has 0 saturated carbocycles. The standard InChI is InChI=1S/C13H16O2/c1-3-15-13(14)9-5-8-12-7-4-6-11(2)10-12/h4-8,10H,3,9H2,1-2H3. The van der Waals surface area contributed by atoms with Crippen LogP contribution in [0.5, 0.6) is 0 Å². The van der Waals surface area contributed by atoms with Crippen LogP contribution in [0.3, 0.4) is 0 Å². The molecule has 0 fully saturated rings. The van der Waals surface area contributed by atoms with E-state index in [1.165, 1.54) is 5.56 Å². The van der Waals surface area contributed by atoms with Crippen molar-refractivity contribution < 1.29 is 9.53 Å². The van der Waals surface area contributed by atoms with Gasteiger partial charge in [0.1, 0.15) is 0 Å². The molecule has 1 aromatic carbocycles. The highest BCUT2D eigenvalue weighted by Gasteiger charge is 1.96. The van der Waals surface area contributed by atoms with Crippen LogP contribution in [0.4, 0.5) is 0 Å². The maximum absolute atomic E-state index is 11.0. The largest absolute Gasteiger partial charge is 0.466 e. The van der Waals surface area contributed by atoms with Crippen molar-refractivity contribution >= 4 is 12.0 Å². The molecule has 0 aromatic heterocycles. The van der Waals surface area contributed by atoms with Gasteiger partial charge in [-0.1, -0.05) is 42.0 Å². The minimum atomic E-state index is -0.179. The van der Waals surface area contributed by atoms with Crippen molar-refractivity contribution in [3.8, 4) is 0 Å². The Morgan fingerprint density at radius 3 is 2.93 bits per heavy atom. The van der Waals surface area contributed by atoms with E-state index in [-0.39, 0.29) is 5.97 Å². The smallest absolute Gasteiger partial charge is 0.309 e. The third-order valence-corrected chi connectivity index (χ3v) is 1.94. The maximum atomic E-state index is 11.0. The van der Waals surface area contributed by atoms with E-state index in [4.69, 9.17) is 4.74 Å². The van der Waals surface area contributed by atoms with E-state index in [9.17, 15) is 4.79 Å². The molecule has 0 atom stereocenters. The van der Waals surface area contributed by atoms with Crippen LogP contribution in [0, 0.1) is 6.92 Å². The van der Waals surface area contributed by atoms with Gasteiger partial charge in [-0.15, -0.1) is 0 Å². The molecule has 2 heteroatoms. The molecule has 0 spiro atoms. The maximum Gasteiger partial charge on any atom is 0.309 e. The average Bonchev–Trinajstić information content (AvgIpc) is 2.18. The summed E-state index contributed by atoms with van der Waals surface area (Å²) in [4.78, 5) is 11.0. The summed E-state index contributed by atoms with van der Waals surface area (Å²) in [5.41, 5.74) is 2.33. The molecule has 1 aromatic rings. The minimum Gasteiger partial charge on any atom is -0.466 e. The van der Waals surface area contributed by atoms with Gasteiger partial charge in [-0.2, -0.15) is 0 Å². The summed E-state index contributed by atoms with van der Waals surface area (Å²) in [7, 11) is 0.